The van der Waals surface area contributed by atoms with Gasteiger partial charge in [-0.05, 0) is 32.2 Å². The summed E-state index contributed by atoms with van der Waals surface area (Å²) in [5.41, 5.74) is 5.72. The van der Waals surface area contributed by atoms with Gasteiger partial charge in [0.2, 0.25) is 11.8 Å². The largest absolute Gasteiger partial charge is 0.338 e. The lowest BCUT2D eigenvalue weighted by Gasteiger charge is -2.29. The Labute approximate surface area is 125 Å². The van der Waals surface area contributed by atoms with Crippen molar-refractivity contribution in [1.82, 2.24) is 9.80 Å². The summed E-state index contributed by atoms with van der Waals surface area (Å²) in [4.78, 5) is 28.5. The summed E-state index contributed by atoms with van der Waals surface area (Å²) in [6.45, 7) is 5.44. The SMILES string of the molecule is CCCC(=O)N1CSCC1C(=O)N1CC(CN)CC1C. The van der Waals surface area contributed by atoms with Crippen LogP contribution in [0.15, 0.2) is 0 Å². The molecule has 0 bridgehead atoms. The van der Waals surface area contributed by atoms with Crippen LogP contribution in [0.5, 0.6) is 0 Å². The van der Waals surface area contributed by atoms with Gasteiger partial charge in [0, 0.05) is 24.8 Å². The van der Waals surface area contributed by atoms with Crippen LogP contribution in [-0.2, 0) is 9.59 Å². The van der Waals surface area contributed by atoms with Crippen LogP contribution in [0.25, 0.3) is 0 Å². The van der Waals surface area contributed by atoms with Crippen molar-refractivity contribution >= 4 is 23.6 Å². The molecule has 6 heteroatoms. The van der Waals surface area contributed by atoms with Crippen LogP contribution in [0.3, 0.4) is 0 Å². The number of nitrogens with two attached hydrogens (primary N) is 1. The molecule has 0 aromatic heterocycles. The third kappa shape index (κ3) is 3.11. The Hall–Kier alpha value is -0.750. The molecule has 114 valence electrons. The number of amides is 2. The smallest absolute Gasteiger partial charge is 0.246 e. The Bertz CT molecular complexity index is 377. The molecule has 2 fully saturated rings. The molecule has 3 unspecified atom stereocenters. The molecule has 0 aromatic rings. The Kier molecular flexibility index (Phi) is 5.32. The maximum Gasteiger partial charge on any atom is 0.246 e. The van der Waals surface area contributed by atoms with Crippen molar-refractivity contribution in [2.24, 2.45) is 11.7 Å². The third-order valence-electron chi connectivity index (χ3n) is 4.23. The average Bonchev–Trinajstić information content (AvgIpc) is 3.04. The molecule has 0 saturated carbocycles. The summed E-state index contributed by atoms with van der Waals surface area (Å²) in [5.74, 6) is 2.01. The lowest BCUT2D eigenvalue weighted by Crippen LogP contribution is -2.50. The minimum Gasteiger partial charge on any atom is -0.338 e. The van der Waals surface area contributed by atoms with E-state index in [0.717, 1.165) is 25.1 Å². The summed E-state index contributed by atoms with van der Waals surface area (Å²) in [5, 5.41) is 0. The van der Waals surface area contributed by atoms with Crippen molar-refractivity contribution in [1.29, 1.82) is 0 Å². The number of carbonyl (C=O) groups is 2. The number of hydrogen-bond donors (Lipinski definition) is 1. The first kappa shape index (κ1) is 15.6. The molecule has 2 N–H and O–H groups in total. The number of nitrogens with zero attached hydrogens (tertiary/aromatic N) is 2. The Balaban J connectivity index is 2.02. The van der Waals surface area contributed by atoms with Gasteiger partial charge in [-0.1, -0.05) is 6.92 Å². The first-order valence-corrected chi connectivity index (χ1v) is 8.61. The molecule has 0 aliphatic carbocycles. The predicted octanol–water partition coefficient (Wildman–Crippen LogP) is 0.884. The fraction of sp³-hybridized carbons (Fsp3) is 0.857. The average molecular weight is 299 g/mol. The van der Waals surface area contributed by atoms with Gasteiger partial charge < -0.3 is 15.5 Å². The first-order valence-electron chi connectivity index (χ1n) is 7.46. The number of thioether (sulfide) groups is 1. The topological polar surface area (TPSA) is 66.6 Å². The molecule has 2 heterocycles. The molecule has 0 spiro atoms. The molecule has 2 saturated heterocycles. The highest BCUT2D eigenvalue weighted by atomic mass is 32.2. The van der Waals surface area contributed by atoms with Gasteiger partial charge >= 0.3 is 0 Å². The monoisotopic (exact) mass is 299 g/mol. The van der Waals surface area contributed by atoms with Crippen molar-refractivity contribution < 1.29 is 9.59 Å². The second kappa shape index (κ2) is 6.80. The van der Waals surface area contributed by atoms with E-state index in [9.17, 15) is 9.59 Å². The van der Waals surface area contributed by atoms with Gasteiger partial charge in [-0.2, -0.15) is 0 Å². The van der Waals surface area contributed by atoms with Crippen molar-refractivity contribution in [2.45, 2.75) is 45.2 Å². The van der Waals surface area contributed by atoms with E-state index < -0.39 is 0 Å². The van der Waals surface area contributed by atoms with Gasteiger partial charge in [0.15, 0.2) is 0 Å². The first-order chi connectivity index (χ1) is 9.58. The van der Waals surface area contributed by atoms with E-state index in [1.807, 2.05) is 11.8 Å². The molecule has 0 aromatic carbocycles. The zero-order valence-electron chi connectivity index (χ0n) is 12.4. The van der Waals surface area contributed by atoms with Gasteiger partial charge in [-0.15, -0.1) is 11.8 Å². The van der Waals surface area contributed by atoms with Crippen LogP contribution in [-0.4, -0.2) is 58.4 Å². The van der Waals surface area contributed by atoms with E-state index >= 15 is 0 Å². The molecular weight excluding hydrogens is 274 g/mol. The van der Waals surface area contributed by atoms with Crippen molar-refractivity contribution in [3.63, 3.8) is 0 Å². The molecule has 2 amide bonds. The molecule has 5 nitrogen and oxygen atoms in total. The lowest BCUT2D eigenvalue weighted by atomic mass is 10.1. The predicted molar refractivity (Wildman–Crippen MR) is 81.2 cm³/mol. The van der Waals surface area contributed by atoms with Crippen molar-refractivity contribution in [3.05, 3.63) is 0 Å². The third-order valence-corrected chi connectivity index (χ3v) is 5.24. The van der Waals surface area contributed by atoms with Crippen LogP contribution in [0.2, 0.25) is 0 Å². The summed E-state index contributed by atoms with van der Waals surface area (Å²) in [6, 6.07) is -0.0252. The summed E-state index contributed by atoms with van der Waals surface area (Å²) in [6.07, 6.45) is 2.34. The molecule has 2 aliphatic rings. The Morgan fingerprint density at radius 3 is 2.70 bits per heavy atom. The highest BCUT2D eigenvalue weighted by molar-refractivity contribution is 7.99. The van der Waals surface area contributed by atoms with Gasteiger partial charge in [0.05, 0.1) is 5.88 Å². The Morgan fingerprint density at radius 1 is 1.35 bits per heavy atom. The number of rotatable bonds is 4. The highest BCUT2D eigenvalue weighted by Gasteiger charge is 2.40. The minimum atomic E-state index is -0.266. The van der Waals surface area contributed by atoms with Crippen LogP contribution in [0.1, 0.15) is 33.1 Å². The fourth-order valence-corrected chi connectivity index (χ4v) is 4.23. The second-order valence-electron chi connectivity index (χ2n) is 5.81. The van der Waals surface area contributed by atoms with Crippen LogP contribution >= 0.6 is 11.8 Å². The highest BCUT2D eigenvalue weighted by Crippen LogP contribution is 2.28. The van der Waals surface area contributed by atoms with Gasteiger partial charge in [0.25, 0.3) is 0 Å². The van der Waals surface area contributed by atoms with E-state index in [-0.39, 0.29) is 23.9 Å². The molecular formula is C14H25N3O2S. The number of likely N-dealkylation sites (tertiary alicyclic amines) is 1. The second-order valence-corrected chi connectivity index (χ2v) is 6.81. The summed E-state index contributed by atoms with van der Waals surface area (Å²) in [7, 11) is 0. The Morgan fingerprint density at radius 2 is 2.10 bits per heavy atom. The maximum absolute atomic E-state index is 12.7. The minimum absolute atomic E-state index is 0.109. The molecule has 3 atom stereocenters. The fourth-order valence-electron chi connectivity index (χ4n) is 3.06. The summed E-state index contributed by atoms with van der Waals surface area (Å²) >= 11 is 1.67. The normalized spacial score (nSPS) is 30.1. The van der Waals surface area contributed by atoms with Crippen LogP contribution in [0.4, 0.5) is 0 Å². The van der Waals surface area contributed by atoms with Crippen LogP contribution < -0.4 is 5.73 Å². The lowest BCUT2D eigenvalue weighted by molar-refractivity contribution is -0.143. The van der Waals surface area contributed by atoms with Gasteiger partial charge in [-0.3, -0.25) is 9.59 Å². The zero-order valence-corrected chi connectivity index (χ0v) is 13.2. The van der Waals surface area contributed by atoms with Gasteiger partial charge in [-0.25, -0.2) is 0 Å². The summed E-state index contributed by atoms with van der Waals surface area (Å²) < 4.78 is 0. The molecule has 0 radical (unpaired) electrons. The molecule has 2 aliphatic heterocycles. The number of carbonyl (C=O) groups excluding carboxylic acids is 2. The van der Waals surface area contributed by atoms with Gasteiger partial charge in [0.1, 0.15) is 6.04 Å². The quantitative estimate of drug-likeness (QED) is 0.837. The van der Waals surface area contributed by atoms with E-state index in [0.29, 0.717) is 24.8 Å². The van der Waals surface area contributed by atoms with Crippen molar-refractivity contribution in [3.8, 4) is 0 Å². The molecule has 20 heavy (non-hydrogen) atoms. The standard InChI is InChI=1S/C14H25N3O2S/c1-3-4-13(18)17-9-20-8-12(17)14(19)16-7-11(6-15)5-10(16)2/h10-12H,3-9,15H2,1-2H3. The van der Waals surface area contributed by atoms with E-state index in [1.165, 1.54) is 0 Å². The van der Waals surface area contributed by atoms with E-state index in [4.69, 9.17) is 5.73 Å². The van der Waals surface area contributed by atoms with Crippen molar-refractivity contribution in [2.75, 3.05) is 24.7 Å². The number of hydrogen-bond acceptors (Lipinski definition) is 4. The zero-order chi connectivity index (χ0) is 14.7. The van der Waals surface area contributed by atoms with E-state index in [2.05, 4.69) is 6.92 Å². The molecule has 2 rings (SSSR count). The van der Waals surface area contributed by atoms with Crippen LogP contribution in [0, 0.1) is 5.92 Å². The van der Waals surface area contributed by atoms with E-state index in [1.54, 1.807) is 16.7 Å². The maximum atomic E-state index is 12.7.